The number of Topliss-reactive ketones (excluding diaryl/α,β-unsaturated/α-hetero) is 1. The number of hydrogen-bond acceptors (Lipinski definition) is 3. The van der Waals surface area contributed by atoms with E-state index >= 15 is 0 Å². The molecule has 0 aromatic rings. The smallest absolute Gasteiger partial charge is 0.155 e. The molecule has 4 aliphatic carbocycles. The molecular formula is C21H28O3. The first-order valence-corrected chi connectivity index (χ1v) is 9.63. The highest BCUT2D eigenvalue weighted by atomic mass is 16.1. The van der Waals surface area contributed by atoms with Gasteiger partial charge in [-0.05, 0) is 81.1 Å². The Labute approximate surface area is 144 Å². The number of fused-ring (bicyclic) bond motifs is 5. The van der Waals surface area contributed by atoms with Gasteiger partial charge in [0.15, 0.2) is 5.78 Å². The zero-order chi connectivity index (χ0) is 17.1. The lowest BCUT2D eigenvalue weighted by Gasteiger charge is -2.57. The molecule has 0 unspecified atom stereocenters. The summed E-state index contributed by atoms with van der Waals surface area (Å²) in [7, 11) is 0. The van der Waals surface area contributed by atoms with Crippen molar-refractivity contribution in [3.63, 3.8) is 0 Å². The Morgan fingerprint density at radius 3 is 2.62 bits per heavy atom. The summed E-state index contributed by atoms with van der Waals surface area (Å²) in [5.41, 5.74) is 0.856. The van der Waals surface area contributed by atoms with Gasteiger partial charge < -0.3 is 4.79 Å². The van der Waals surface area contributed by atoms with Crippen molar-refractivity contribution in [3.8, 4) is 0 Å². The fourth-order valence-corrected chi connectivity index (χ4v) is 7.16. The lowest BCUT2D eigenvalue weighted by atomic mass is 9.46. The van der Waals surface area contributed by atoms with Gasteiger partial charge in [-0.2, -0.15) is 0 Å². The van der Waals surface area contributed by atoms with E-state index in [1.54, 1.807) is 13.0 Å². The summed E-state index contributed by atoms with van der Waals surface area (Å²) in [6, 6.07) is 0. The lowest BCUT2D eigenvalue weighted by molar-refractivity contribution is -0.134. The molecule has 3 nitrogen and oxygen atoms in total. The number of aldehydes is 1. The van der Waals surface area contributed by atoms with Gasteiger partial charge in [-0.25, -0.2) is 0 Å². The lowest BCUT2D eigenvalue weighted by Crippen LogP contribution is -2.52. The molecule has 0 radical (unpaired) electrons. The number of hydrogen-bond donors (Lipinski definition) is 0. The van der Waals surface area contributed by atoms with Crippen molar-refractivity contribution >= 4 is 17.9 Å². The molecule has 6 atom stereocenters. The number of carbonyl (C=O) groups is 3. The molecule has 0 amide bonds. The highest BCUT2D eigenvalue weighted by Crippen LogP contribution is 2.66. The molecule has 0 heterocycles. The van der Waals surface area contributed by atoms with Crippen molar-refractivity contribution in [3.05, 3.63) is 11.6 Å². The van der Waals surface area contributed by atoms with E-state index in [2.05, 4.69) is 6.92 Å². The minimum atomic E-state index is -0.382. The number of allylic oxidation sites excluding steroid dienone is 1. The van der Waals surface area contributed by atoms with Crippen molar-refractivity contribution in [2.24, 2.45) is 34.5 Å². The third kappa shape index (κ3) is 1.99. The topological polar surface area (TPSA) is 51.2 Å². The summed E-state index contributed by atoms with van der Waals surface area (Å²) >= 11 is 0. The van der Waals surface area contributed by atoms with E-state index in [0.717, 1.165) is 44.1 Å². The SMILES string of the molecule is CC(=O)[C@H]1CC[C@H]2[C@@H]3CCC4=CC(=O)CC[C@@]4(C=O)[C@H]3CC[C@]12C. The summed E-state index contributed by atoms with van der Waals surface area (Å²) < 4.78 is 0. The summed E-state index contributed by atoms with van der Waals surface area (Å²) in [5, 5.41) is 0. The Morgan fingerprint density at radius 1 is 1.12 bits per heavy atom. The average Bonchev–Trinajstić information content (AvgIpc) is 2.91. The fourth-order valence-electron chi connectivity index (χ4n) is 7.16. The first-order valence-electron chi connectivity index (χ1n) is 9.63. The zero-order valence-corrected chi connectivity index (χ0v) is 14.8. The molecular weight excluding hydrogens is 300 g/mol. The van der Waals surface area contributed by atoms with Crippen LogP contribution in [0.5, 0.6) is 0 Å². The van der Waals surface area contributed by atoms with Crippen molar-refractivity contribution in [2.75, 3.05) is 0 Å². The second-order valence-corrected chi connectivity index (χ2v) is 8.99. The van der Waals surface area contributed by atoms with Crippen LogP contribution in [-0.4, -0.2) is 17.9 Å². The molecule has 24 heavy (non-hydrogen) atoms. The van der Waals surface area contributed by atoms with Gasteiger partial charge in [-0.15, -0.1) is 0 Å². The van der Waals surface area contributed by atoms with E-state index < -0.39 is 0 Å². The van der Waals surface area contributed by atoms with Gasteiger partial charge in [0.05, 0.1) is 5.41 Å². The molecule has 0 aromatic heterocycles. The van der Waals surface area contributed by atoms with Crippen LogP contribution in [-0.2, 0) is 14.4 Å². The molecule has 3 fully saturated rings. The van der Waals surface area contributed by atoms with Crippen LogP contribution >= 0.6 is 0 Å². The van der Waals surface area contributed by atoms with E-state index in [1.165, 1.54) is 6.29 Å². The van der Waals surface area contributed by atoms with Gasteiger partial charge in [0, 0.05) is 12.3 Å². The van der Waals surface area contributed by atoms with E-state index in [9.17, 15) is 14.4 Å². The molecule has 0 saturated heterocycles. The molecule has 0 aromatic carbocycles. The summed E-state index contributed by atoms with van der Waals surface area (Å²) in [6.07, 6.45) is 10.4. The third-order valence-electron chi connectivity index (χ3n) is 8.26. The summed E-state index contributed by atoms with van der Waals surface area (Å²) in [4.78, 5) is 36.2. The molecule has 0 spiro atoms. The van der Waals surface area contributed by atoms with Crippen LogP contribution < -0.4 is 0 Å². The number of rotatable bonds is 2. The first-order chi connectivity index (χ1) is 11.4. The molecule has 3 heteroatoms. The maximum absolute atomic E-state index is 12.2. The van der Waals surface area contributed by atoms with Crippen molar-refractivity contribution < 1.29 is 14.4 Å². The maximum Gasteiger partial charge on any atom is 0.155 e. The summed E-state index contributed by atoms with van der Waals surface area (Å²) in [5.74, 6) is 2.25. The first kappa shape index (κ1) is 16.2. The highest BCUT2D eigenvalue weighted by molar-refractivity contribution is 5.93. The quantitative estimate of drug-likeness (QED) is 0.722. The van der Waals surface area contributed by atoms with Gasteiger partial charge in [-0.1, -0.05) is 12.5 Å². The highest BCUT2D eigenvalue weighted by Gasteiger charge is 2.60. The predicted octanol–water partition coefficient (Wildman–Crippen LogP) is 3.90. The minimum absolute atomic E-state index is 0.128. The Bertz CT molecular complexity index is 633. The Morgan fingerprint density at radius 2 is 1.92 bits per heavy atom. The van der Waals surface area contributed by atoms with E-state index in [1.807, 2.05) is 0 Å². The van der Waals surface area contributed by atoms with Gasteiger partial charge >= 0.3 is 0 Å². The third-order valence-corrected chi connectivity index (χ3v) is 8.26. The second kappa shape index (κ2) is 5.37. The van der Waals surface area contributed by atoms with E-state index in [0.29, 0.717) is 36.4 Å². The normalized spacial score (nSPS) is 47.2. The molecule has 4 rings (SSSR count). The molecule has 0 bridgehead atoms. The van der Waals surface area contributed by atoms with Crippen molar-refractivity contribution in [2.45, 2.75) is 65.2 Å². The Hall–Kier alpha value is -1.25. The average molecular weight is 328 g/mol. The van der Waals surface area contributed by atoms with Crippen molar-refractivity contribution in [1.29, 1.82) is 0 Å². The van der Waals surface area contributed by atoms with Crippen LogP contribution in [0, 0.1) is 34.5 Å². The monoisotopic (exact) mass is 328 g/mol. The zero-order valence-electron chi connectivity index (χ0n) is 14.8. The predicted molar refractivity (Wildman–Crippen MR) is 91.3 cm³/mol. The molecule has 3 saturated carbocycles. The van der Waals surface area contributed by atoms with Crippen molar-refractivity contribution in [1.82, 2.24) is 0 Å². The van der Waals surface area contributed by atoms with Gasteiger partial charge in [-0.3, -0.25) is 9.59 Å². The van der Waals surface area contributed by atoms with Gasteiger partial charge in [0.2, 0.25) is 0 Å². The van der Waals surface area contributed by atoms with Crippen LogP contribution in [0.15, 0.2) is 11.6 Å². The summed E-state index contributed by atoms with van der Waals surface area (Å²) in [6.45, 7) is 4.09. The van der Waals surface area contributed by atoms with Crippen LogP contribution in [0.1, 0.15) is 65.2 Å². The number of ketones is 2. The minimum Gasteiger partial charge on any atom is -0.302 e. The molecule has 0 N–H and O–H groups in total. The second-order valence-electron chi connectivity index (χ2n) is 8.99. The molecule has 130 valence electrons. The standard InChI is InChI=1S/C21H28O3/c1-13(23)17-5-6-18-16-4-3-14-11-15(24)7-10-21(14,12-22)19(16)8-9-20(17,18)2/h11-12,16-19H,3-10H2,1-2H3/t16-,17+,18-,19-,20+,21-/m0/s1. The molecule has 0 aliphatic heterocycles. The number of carbonyl (C=O) groups excluding carboxylic acids is 3. The van der Waals surface area contributed by atoms with E-state index in [4.69, 9.17) is 0 Å². The Balaban J connectivity index is 1.71. The molecule has 4 aliphatic rings. The van der Waals surface area contributed by atoms with Crippen LogP contribution in [0.25, 0.3) is 0 Å². The maximum atomic E-state index is 12.2. The van der Waals surface area contributed by atoms with Crippen LogP contribution in [0.4, 0.5) is 0 Å². The van der Waals surface area contributed by atoms with Gasteiger partial charge in [0.1, 0.15) is 12.1 Å². The van der Waals surface area contributed by atoms with E-state index in [-0.39, 0.29) is 22.5 Å². The fraction of sp³-hybridized carbons (Fsp3) is 0.762. The largest absolute Gasteiger partial charge is 0.302 e. The van der Waals surface area contributed by atoms with Crippen LogP contribution in [0.2, 0.25) is 0 Å². The van der Waals surface area contributed by atoms with Gasteiger partial charge in [0.25, 0.3) is 0 Å². The van der Waals surface area contributed by atoms with Crippen LogP contribution in [0.3, 0.4) is 0 Å². The Kier molecular flexibility index (Phi) is 3.63.